The molecule has 1 unspecified atom stereocenters. The number of rotatable bonds is 5. The molecule has 1 aromatic heterocycles. The molecule has 1 heterocycles. The molecule has 0 amide bonds. The first-order valence-electron chi connectivity index (χ1n) is 6.80. The first-order chi connectivity index (χ1) is 9.47. The van der Waals surface area contributed by atoms with Crippen LogP contribution in [0.2, 0.25) is 0 Å². The summed E-state index contributed by atoms with van der Waals surface area (Å²) in [6.07, 6.45) is -0.451. The lowest BCUT2D eigenvalue weighted by molar-refractivity contribution is 0.123. The Labute approximate surface area is 124 Å². The van der Waals surface area contributed by atoms with Crippen LogP contribution in [0.1, 0.15) is 33.4 Å². The van der Waals surface area contributed by atoms with Crippen LogP contribution in [-0.2, 0) is 6.54 Å². The van der Waals surface area contributed by atoms with E-state index in [0.29, 0.717) is 6.54 Å². The van der Waals surface area contributed by atoms with Crippen molar-refractivity contribution in [2.45, 2.75) is 33.4 Å². The maximum Gasteiger partial charge on any atom is 0.0919 e. The molecular formula is C16H22N2OS. The van der Waals surface area contributed by atoms with Crippen molar-refractivity contribution in [2.75, 3.05) is 13.6 Å². The Hall–Kier alpha value is -1.23. The minimum Gasteiger partial charge on any atom is -0.387 e. The summed E-state index contributed by atoms with van der Waals surface area (Å²) in [4.78, 5) is 7.67. The highest BCUT2D eigenvalue weighted by Crippen LogP contribution is 2.21. The van der Waals surface area contributed by atoms with E-state index in [9.17, 15) is 5.11 Å². The van der Waals surface area contributed by atoms with Crippen LogP contribution in [0, 0.1) is 20.8 Å². The van der Waals surface area contributed by atoms with Gasteiger partial charge in [-0.25, -0.2) is 4.98 Å². The molecule has 20 heavy (non-hydrogen) atoms. The lowest BCUT2D eigenvalue weighted by Crippen LogP contribution is -2.24. The van der Waals surface area contributed by atoms with E-state index in [-0.39, 0.29) is 0 Å². The summed E-state index contributed by atoms with van der Waals surface area (Å²) in [5, 5.41) is 10.4. The number of aliphatic hydroxyl groups excluding tert-OH is 1. The van der Waals surface area contributed by atoms with Crippen molar-refractivity contribution in [3.05, 3.63) is 51.0 Å². The van der Waals surface area contributed by atoms with E-state index in [4.69, 9.17) is 0 Å². The third-order valence-corrected chi connectivity index (χ3v) is 4.46. The van der Waals surface area contributed by atoms with Gasteiger partial charge in [-0.1, -0.05) is 23.8 Å². The molecule has 0 aliphatic rings. The maximum absolute atomic E-state index is 10.4. The average Bonchev–Trinajstić information content (AvgIpc) is 2.77. The van der Waals surface area contributed by atoms with Crippen LogP contribution in [0.15, 0.2) is 23.7 Å². The Balaban J connectivity index is 2.02. The van der Waals surface area contributed by atoms with E-state index in [1.54, 1.807) is 11.3 Å². The summed E-state index contributed by atoms with van der Waals surface area (Å²) in [5.41, 5.74) is 6.32. The Bertz CT molecular complexity index is 580. The molecule has 1 aromatic carbocycles. The molecule has 108 valence electrons. The predicted octanol–water partition coefficient (Wildman–Crippen LogP) is 3.23. The Morgan fingerprint density at radius 3 is 2.70 bits per heavy atom. The van der Waals surface area contributed by atoms with Crippen molar-refractivity contribution in [3.63, 3.8) is 0 Å². The number of benzene rings is 1. The van der Waals surface area contributed by atoms with Gasteiger partial charge in [0.15, 0.2) is 0 Å². The van der Waals surface area contributed by atoms with Crippen LogP contribution >= 0.6 is 11.3 Å². The normalized spacial score (nSPS) is 12.9. The Morgan fingerprint density at radius 2 is 2.05 bits per heavy atom. The zero-order valence-electron chi connectivity index (χ0n) is 12.6. The van der Waals surface area contributed by atoms with Gasteiger partial charge in [0.2, 0.25) is 0 Å². The second-order valence-electron chi connectivity index (χ2n) is 5.43. The standard InChI is InChI=1S/C16H22N2OS/c1-11-5-6-12(2)14(7-11)15(19)8-18(4)9-16-13(3)17-10-20-16/h5-7,10,15,19H,8-9H2,1-4H3. The molecule has 0 fully saturated rings. The summed E-state index contributed by atoms with van der Waals surface area (Å²) in [6.45, 7) is 7.59. The second kappa shape index (κ2) is 6.48. The van der Waals surface area contributed by atoms with E-state index in [2.05, 4.69) is 35.0 Å². The summed E-state index contributed by atoms with van der Waals surface area (Å²) in [7, 11) is 2.04. The van der Waals surface area contributed by atoms with Crippen molar-refractivity contribution >= 4 is 11.3 Å². The SMILES string of the molecule is Cc1ccc(C)c(C(O)CN(C)Cc2scnc2C)c1. The maximum atomic E-state index is 10.4. The molecule has 2 rings (SSSR count). The zero-order valence-corrected chi connectivity index (χ0v) is 13.4. The average molecular weight is 290 g/mol. The number of aliphatic hydroxyl groups is 1. The molecule has 0 aliphatic heterocycles. The third kappa shape index (κ3) is 3.66. The lowest BCUT2D eigenvalue weighted by Gasteiger charge is -2.22. The summed E-state index contributed by atoms with van der Waals surface area (Å²) < 4.78 is 0. The first kappa shape index (κ1) is 15.2. The van der Waals surface area contributed by atoms with Gasteiger partial charge in [-0.05, 0) is 38.9 Å². The summed E-state index contributed by atoms with van der Waals surface area (Å²) in [6, 6.07) is 6.23. The Morgan fingerprint density at radius 1 is 1.30 bits per heavy atom. The molecule has 1 atom stereocenters. The number of likely N-dealkylation sites (N-methyl/N-ethyl adjacent to an activating group) is 1. The van der Waals surface area contributed by atoms with Crippen molar-refractivity contribution in [3.8, 4) is 0 Å². The van der Waals surface area contributed by atoms with Crippen LogP contribution in [0.4, 0.5) is 0 Å². The largest absolute Gasteiger partial charge is 0.387 e. The van der Waals surface area contributed by atoms with E-state index >= 15 is 0 Å². The van der Waals surface area contributed by atoms with Gasteiger partial charge in [-0.3, -0.25) is 4.90 Å². The molecule has 0 saturated heterocycles. The number of hydrogen-bond donors (Lipinski definition) is 1. The number of thiazole rings is 1. The predicted molar refractivity (Wildman–Crippen MR) is 84.1 cm³/mol. The lowest BCUT2D eigenvalue weighted by atomic mass is 10.0. The quantitative estimate of drug-likeness (QED) is 0.918. The molecule has 3 nitrogen and oxygen atoms in total. The molecule has 0 saturated carbocycles. The minimum absolute atomic E-state index is 0.451. The van der Waals surface area contributed by atoms with Crippen molar-refractivity contribution in [2.24, 2.45) is 0 Å². The van der Waals surface area contributed by atoms with Gasteiger partial charge in [0.1, 0.15) is 0 Å². The molecule has 4 heteroatoms. The van der Waals surface area contributed by atoms with Gasteiger partial charge in [-0.15, -0.1) is 11.3 Å². The van der Waals surface area contributed by atoms with Gasteiger partial charge in [0.05, 0.1) is 17.3 Å². The molecule has 2 aromatic rings. The third-order valence-electron chi connectivity index (χ3n) is 3.54. The molecule has 0 radical (unpaired) electrons. The monoisotopic (exact) mass is 290 g/mol. The molecule has 1 N–H and O–H groups in total. The van der Waals surface area contributed by atoms with Crippen LogP contribution in [0.5, 0.6) is 0 Å². The van der Waals surface area contributed by atoms with E-state index in [1.165, 1.54) is 10.4 Å². The fraction of sp³-hybridized carbons (Fsp3) is 0.438. The first-order valence-corrected chi connectivity index (χ1v) is 7.68. The molecule has 0 aliphatic carbocycles. The molecular weight excluding hydrogens is 268 g/mol. The van der Waals surface area contributed by atoms with E-state index in [1.807, 2.05) is 26.4 Å². The second-order valence-corrected chi connectivity index (χ2v) is 6.37. The van der Waals surface area contributed by atoms with Gasteiger partial charge in [-0.2, -0.15) is 0 Å². The van der Waals surface area contributed by atoms with Crippen molar-refractivity contribution in [1.29, 1.82) is 0 Å². The molecule has 0 bridgehead atoms. The highest BCUT2D eigenvalue weighted by molar-refractivity contribution is 7.09. The smallest absolute Gasteiger partial charge is 0.0919 e. The van der Waals surface area contributed by atoms with E-state index in [0.717, 1.165) is 23.4 Å². The highest BCUT2D eigenvalue weighted by Gasteiger charge is 2.14. The highest BCUT2D eigenvalue weighted by atomic mass is 32.1. The minimum atomic E-state index is -0.451. The van der Waals surface area contributed by atoms with Gasteiger partial charge >= 0.3 is 0 Å². The fourth-order valence-corrected chi connectivity index (χ4v) is 3.16. The number of aryl methyl sites for hydroxylation is 3. The number of hydrogen-bond acceptors (Lipinski definition) is 4. The zero-order chi connectivity index (χ0) is 14.7. The van der Waals surface area contributed by atoms with Crippen LogP contribution in [0.25, 0.3) is 0 Å². The number of aromatic nitrogens is 1. The van der Waals surface area contributed by atoms with Crippen molar-refractivity contribution < 1.29 is 5.11 Å². The summed E-state index contributed by atoms with van der Waals surface area (Å²) in [5.74, 6) is 0. The number of nitrogens with zero attached hydrogens (tertiary/aromatic N) is 2. The van der Waals surface area contributed by atoms with Crippen LogP contribution in [-0.4, -0.2) is 28.6 Å². The summed E-state index contributed by atoms with van der Waals surface area (Å²) >= 11 is 1.67. The van der Waals surface area contributed by atoms with Gasteiger partial charge < -0.3 is 5.11 Å². The van der Waals surface area contributed by atoms with Crippen LogP contribution in [0.3, 0.4) is 0 Å². The van der Waals surface area contributed by atoms with Crippen LogP contribution < -0.4 is 0 Å². The topological polar surface area (TPSA) is 36.4 Å². The Kier molecular flexibility index (Phi) is 4.91. The van der Waals surface area contributed by atoms with Crippen molar-refractivity contribution in [1.82, 2.24) is 9.88 Å². The van der Waals surface area contributed by atoms with E-state index < -0.39 is 6.10 Å². The fourth-order valence-electron chi connectivity index (χ4n) is 2.30. The van der Waals surface area contributed by atoms with Gasteiger partial charge in [0.25, 0.3) is 0 Å². The van der Waals surface area contributed by atoms with Gasteiger partial charge in [0, 0.05) is 18.0 Å². The molecule has 0 spiro atoms.